The van der Waals surface area contributed by atoms with Crippen LogP contribution in [0.3, 0.4) is 0 Å². The number of likely N-dealkylation sites (tertiary alicyclic amines) is 1. The van der Waals surface area contributed by atoms with Crippen LogP contribution in [0, 0.1) is 0 Å². The second kappa shape index (κ2) is 13.1. The Balaban J connectivity index is 1.43. The highest BCUT2D eigenvalue weighted by atomic mass is 35.5. The Labute approximate surface area is 240 Å². The van der Waals surface area contributed by atoms with E-state index < -0.39 is 23.5 Å². The Hall–Kier alpha value is -4.02. The lowest BCUT2D eigenvalue weighted by atomic mass is 9.87. The maximum Gasteiger partial charge on any atom is 0.416 e. The Morgan fingerprint density at radius 1 is 1.12 bits per heavy atom. The van der Waals surface area contributed by atoms with E-state index >= 15 is 0 Å². The third kappa shape index (κ3) is 8.02. The minimum Gasteiger partial charge on any atom is -0.402 e. The average Bonchev–Trinajstić information content (AvgIpc) is 2.96. The summed E-state index contributed by atoms with van der Waals surface area (Å²) in [6.45, 7) is 5.82. The highest BCUT2D eigenvalue weighted by Gasteiger charge is 2.33. The first kappa shape index (κ1) is 30.0. The van der Waals surface area contributed by atoms with Crippen LogP contribution in [-0.4, -0.2) is 35.1 Å². The highest BCUT2D eigenvalue weighted by molar-refractivity contribution is 6.29. The lowest BCUT2D eigenvalue weighted by Gasteiger charge is -2.33. The zero-order valence-corrected chi connectivity index (χ0v) is 22.7. The van der Waals surface area contributed by atoms with Crippen LogP contribution >= 0.6 is 11.6 Å². The standard InChI is InChI=1S/C30H28ClF4N5O/c1-19(38-17-25(32)16-36)21-4-2-20(3-5-21)18-40-12-9-22(10-13-40)26-15-24(30(33,34)35)6-7-27(26)39-29(41)23-8-11-37-28(31)14-23/h2-8,11,14-17,22H,1,9-10,12-13,18,36H2,(H,39,41)/b25-16+,38-17-. The molecule has 1 aliphatic rings. The number of aliphatic imine (C=N–C) groups is 1. The van der Waals surface area contributed by atoms with Gasteiger partial charge in [-0.3, -0.25) is 14.7 Å². The van der Waals surface area contributed by atoms with Crippen molar-refractivity contribution in [2.45, 2.75) is 31.5 Å². The zero-order chi connectivity index (χ0) is 29.6. The topological polar surface area (TPSA) is 83.6 Å². The number of aromatic nitrogens is 1. The number of amides is 1. The summed E-state index contributed by atoms with van der Waals surface area (Å²) in [5.74, 6) is -1.31. The van der Waals surface area contributed by atoms with Gasteiger partial charge in [-0.15, -0.1) is 0 Å². The molecular formula is C30H28ClF4N5O. The largest absolute Gasteiger partial charge is 0.416 e. The molecule has 3 N–H and O–H groups in total. The first-order valence-electron chi connectivity index (χ1n) is 12.8. The molecule has 6 nitrogen and oxygen atoms in total. The molecule has 41 heavy (non-hydrogen) atoms. The number of allylic oxidation sites excluding steroid dienone is 1. The molecule has 214 valence electrons. The van der Waals surface area contributed by atoms with Gasteiger partial charge in [0.25, 0.3) is 5.91 Å². The third-order valence-electron chi connectivity index (χ3n) is 6.84. The fourth-order valence-electron chi connectivity index (χ4n) is 4.65. The van der Waals surface area contributed by atoms with Crippen molar-refractivity contribution in [2.75, 3.05) is 18.4 Å². The number of carbonyl (C=O) groups is 1. The molecule has 0 bridgehead atoms. The maximum atomic E-state index is 13.6. The Bertz CT molecular complexity index is 1460. The molecule has 3 aromatic rings. The van der Waals surface area contributed by atoms with Gasteiger partial charge in [-0.05, 0) is 78.9 Å². The van der Waals surface area contributed by atoms with Crippen LogP contribution in [0.25, 0.3) is 5.70 Å². The van der Waals surface area contributed by atoms with E-state index in [1.54, 1.807) is 0 Å². The van der Waals surface area contributed by atoms with Gasteiger partial charge < -0.3 is 11.1 Å². The number of pyridine rings is 1. The van der Waals surface area contributed by atoms with Crippen LogP contribution in [0.2, 0.25) is 5.15 Å². The Kier molecular flexibility index (Phi) is 9.57. The van der Waals surface area contributed by atoms with E-state index in [1.165, 1.54) is 24.4 Å². The minimum atomic E-state index is -4.51. The Morgan fingerprint density at radius 3 is 2.46 bits per heavy atom. The van der Waals surface area contributed by atoms with Gasteiger partial charge in [-0.2, -0.15) is 13.2 Å². The van der Waals surface area contributed by atoms with Gasteiger partial charge in [0, 0.05) is 30.2 Å². The summed E-state index contributed by atoms with van der Waals surface area (Å²) in [5, 5.41) is 2.90. The summed E-state index contributed by atoms with van der Waals surface area (Å²) in [5.41, 5.74) is 7.56. The van der Waals surface area contributed by atoms with Crippen molar-refractivity contribution in [1.29, 1.82) is 0 Å². The molecular weight excluding hydrogens is 558 g/mol. The minimum absolute atomic E-state index is 0.140. The van der Waals surface area contributed by atoms with Crippen molar-refractivity contribution in [1.82, 2.24) is 9.88 Å². The SMILES string of the molecule is C=C(/N=C\C(F)=C/N)c1ccc(CN2CCC(c3cc(C(F)(F)F)ccc3NC(=O)c3ccnc(Cl)c3)CC2)cc1. The van der Waals surface area contributed by atoms with E-state index in [-0.39, 0.29) is 16.6 Å². The van der Waals surface area contributed by atoms with Crippen LogP contribution in [0.15, 0.2) is 84.4 Å². The van der Waals surface area contributed by atoms with Gasteiger partial charge in [0.1, 0.15) is 5.15 Å². The summed E-state index contributed by atoms with van der Waals surface area (Å²) in [7, 11) is 0. The van der Waals surface area contributed by atoms with Crippen molar-refractivity contribution >= 4 is 35.1 Å². The van der Waals surface area contributed by atoms with E-state index in [0.717, 1.165) is 35.7 Å². The van der Waals surface area contributed by atoms with E-state index in [9.17, 15) is 22.4 Å². The van der Waals surface area contributed by atoms with Crippen molar-refractivity contribution < 1.29 is 22.4 Å². The molecule has 0 aliphatic carbocycles. The average molecular weight is 586 g/mol. The first-order chi connectivity index (χ1) is 19.5. The number of nitrogens with one attached hydrogen (secondary N) is 1. The number of alkyl halides is 3. The van der Waals surface area contributed by atoms with E-state index in [0.29, 0.717) is 49.4 Å². The number of anilines is 1. The smallest absolute Gasteiger partial charge is 0.402 e. The number of carbonyl (C=O) groups excluding carboxylic acids is 1. The van der Waals surface area contributed by atoms with Gasteiger partial charge in [0.2, 0.25) is 0 Å². The number of nitrogens with zero attached hydrogens (tertiary/aromatic N) is 3. The number of piperidine rings is 1. The zero-order valence-electron chi connectivity index (χ0n) is 22.0. The number of hydrogen-bond acceptors (Lipinski definition) is 5. The van der Waals surface area contributed by atoms with Crippen molar-refractivity contribution in [3.05, 3.63) is 112 Å². The quantitative estimate of drug-likeness (QED) is 0.166. The van der Waals surface area contributed by atoms with Crippen molar-refractivity contribution in [2.24, 2.45) is 10.7 Å². The molecule has 1 amide bonds. The molecule has 1 fully saturated rings. The van der Waals surface area contributed by atoms with Crippen molar-refractivity contribution in [3.8, 4) is 0 Å². The predicted octanol–water partition coefficient (Wildman–Crippen LogP) is 7.20. The van der Waals surface area contributed by atoms with Crippen LogP contribution in [-0.2, 0) is 12.7 Å². The molecule has 0 atom stereocenters. The third-order valence-corrected chi connectivity index (χ3v) is 7.05. The summed E-state index contributed by atoms with van der Waals surface area (Å²) >= 11 is 5.89. The van der Waals surface area contributed by atoms with E-state index in [2.05, 4.69) is 26.8 Å². The summed E-state index contributed by atoms with van der Waals surface area (Å²) in [6.07, 6.45) is -0.0677. The van der Waals surface area contributed by atoms with E-state index in [4.69, 9.17) is 17.3 Å². The molecule has 1 aliphatic heterocycles. The number of halogens is 5. The highest BCUT2D eigenvalue weighted by Crippen LogP contribution is 2.38. The molecule has 0 unspecified atom stereocenters. The molecule has 1 aromatic heterocycles. The number of benzene rings is 2. The number of hydrogen-bond donors (Lipinski definition) is 2. The molecule has 0 spiro atoms. The monoisotopic (exact) mass is 585 g/mol. The molecule has 2 aromatic carbocycles. The normalized spacial score (nSPS) is 15.3. The van der Waals surface area contributed by atoms with Crippen LogP contribution < -0.4 is 11.1 Å². The van der Waals surface area contributed by atoms with Crippen LogP contribution in [0.1, 0.15) is 51.4 Å². The lowest BCUT2D eigenvalue weighted by molar-refractivity contribution is -0.137. The Morgan fingerprint density at radius 2 is 1.83 bits per heavy atom. The predicted molar refractivity (Wildman–Crippen MR) is 153 cm³/mol. The summed E-state index contributed by atoms with van der Waals surface area (Å²) < 4.78 is 53.9. The number of nitrogens with two attached hydrogens (primary N) is 1. The molecule has 11 heteroatoms. The summed E-state index contributed by atoms with van der Waals surface area (Å²) in [6, 6.07) is 13.9. The van der Waals surface area contributed by atoms with Gasteiger partial charge in [0.15, 0.2) is 5.83 Å². The maximum absolute atomic E-state index is 13.6. The fourth-order valence-corrected chi connectivity index (χ4v) is 4.82. The second-order valence-electron chi connectivity index (χ2n) is 9.62. The van der Waals surface area contributed by atoms with E-state index in [1.807, 2.05) is 24.3 Å². The van der Waals surface area contributed by atoms with Crippen LogP contribution in [0.5, 0.6) is 0 Å². The van der Waals surface area contributed by atoms with Gasteiger partial charge in [0.05, 0.1) is 17.5 Å². The molecule has 2 heterocycles. The van der Waals surface area contributed by atoms with Gasteiger partial charge >= 0.3 is 6.18 Å². The van der Waals surface area contributed by atoms with Gasteiger partial charge in [-0.25, -0.2) is 9.37 Å². The summed E-state index contributed by atoms with van der Waals surface area (Å²) in [4.78, 5) is 22.9. The molecule has 4 rings (SSSR count). The molecule has 0 saturated carbocycles. The van der Waals surface area contributed by atoms with Crippen molar-refractivity contribution in [3.63, 3.8) is 0 Å². The molecule has 0 radical (unpaired) electrons. The second-order valence-corrected chi connectivity index (χ2v) is 10.0. The van der Waals surface area contributed by atoms with Crippen LogP contribution in [0.4, 0.5) is 23.2 Å². The van der Waals surface area contributed by atoms with Gasteiger partial charge in [-0.1, -0.05) is 42.4 Å². The fraction of sp³-hybridized carbons (Fsp3) is 0.233. The lowest BCUT2D eigenvalue weighted by Crippen LogP contribution is -2.32. The molecule has 1 saturated heterocycles. The number of rotatable bonds is 8. The first-order valence-corrected chi connectivity index (χ1v) is 13.2.